The van der Waals surface area contributed by atoms with Crippen molar-refractivity contribution in [2.24, 2.45) is 10.8 Å². The molecule has 1 aliphatic carbocycles. The molecule has 204 valence electrons. The van der Waals surface area contributed by atoms with Gasteiger partial charge in [0.15, 0.2) is 0 Å². The number of halogens is 3. The van der Waals surface area contributed by atoms with E-state index in [0.29, 0.717) is 24.0 Å². The van der Waals surface area contributed by atoms with Crippen LogP contribution in [-0.4, -0.2) is 25.3 Å². The molecular formula is C29H31F3O6. The van der Waals surface area contributed by atoms with E-state index in [0.717, 1.165) is 6.07 Å². The monoisotopic (exact) mass is 532 g/mol. The van der Waals surface area contributed by atoms with Crippen LogP contribution >= 0.6 is 0 Å². The fourth-order valence-corrected chi connectivity index (χ4v) is 4.62. The predicted molar refractivity (Wildman–Crippen MR) is 136 cm³/mol. The predicted octanol–water partition coefficient (Wildman–Crippen LogP) is 7.01. The first-order chi connectivity index (χ1) is 17.6. The largest absolute Gasteiger partial charge is 0.497 e. The Morgan fingerprint density at radius 2 is 1.61 bits per heavy atom. The smallest absolute Gasteiger partial charge is 0.417 e. The standard InChI is InChI=1S/C29H31F3O6/c1-27(2,3)26(34)38-24-12-11-23(28(24,4)5)36-18-8-7-16-13-20(25(33)37-22(16)15-18)19-10-9-17(35-6)14-21(19)29(30,31)32/h7-10,13-15,23-24H,11-12H2,1-6H3. The summed E-state index contributed by atoms with van der Waals surface area (Å²) in [4.78, 5) is 25.2. The van der Waals surface area contributed by atoms with Crippen molar-refractivity contribution in [2.75, 3.05) is 7.11 Å². The van der Waals surface area contributed by atoms with Crippen LogP contribution in [0.25, 0.3) is 22.1 Å². The van der Waals surface area contributed by atoms with Gasteiger partial charge in [0.2, 0.25) is 0 Å². The van der Waals surface area contributed by atoms with Gasteiger partial charge in [-0.25, -0.2) is 4.79 Å². The number of hydrogen-bond donors (Lipinski definition) is 0. The Morgan fingerprint density at radius 1 is 0.947 bits per heavy atom. The maximum Gasteiger partial charge on any atom is 0.417 e. The highest BCUT2D eigenvalue weighted by Gasteiger charge is 2.48. The summed E-state index contributed by atoms with van der Waals surface area (Å²) < 4.78 is 63.6. The number of hydrogen-bond acceptors (Lipinski definition) is 6. The van der Waals surface area contributed by atoms with Gasteiger partial charge in [0.1, 0.15) is 29.3 Å². The molecule has 3 aromatic rings. The lowest BCUT2D eigenvalue weighted by Gasteiger charge is -2.33. The Hall–Kier alpha value is -3.49. The molecule has 2 unspecified atom stereocenters. The number of benzene rings is 2. The van der Waals surface area contributed by atoms with Crippen molar-refractivity contribution in [1.82, 2.24) is 0 Å². The van der Waals surface area contributed by atoms with E-state index in [2.05, 4.69) is 0 Å². The first kappa shape index (κ1) is 27.5. The Kier molecular flexibility index (Phi) is 7.01. The van der Waals surface area contributed by atoms with Crippen molar-refractivity contribution in [3.05, 3.63) is 58.4 Å². The molecule has 1 saturated carbocycles. The summed E-state index contributed by atoms with van der Waals surface area (Å²) in [7, 11) is 1.27. The van der Waals surface area contributed by atoms with Gasteiger partial charge in [0.05, 0.1) is 23.7 Å². The Bertz CT molecular complexity index is 1410. The number of ether oxygens (including phenoxy) is 3. The summed E-state index contributed by atoms with van der Waals surface area (Å²) in [6.07, 6.45) is -3.97. The first-order valence-corrected chi connectivity index (χ1v) is 12.3. The molecule has 2 aromatic carbocycles. The average Bonchev–Trinajstić information content (AvgIpc) is 3.09. The van der Waals surface area contributed by atoms with Crippen LogP contribution in [0, 0.1) is 10.8 Å². The van der Waals surface area contributed by atoms with Gasteiger partial charge in [-0.2, -0.15) is 13.2 Å². The highest BCUT2D eigenvalue weighted by atomic mass is 19.4. The maximum atomic E-state index is 13.7. The van der Waals surface area contributed by atoms with Gasteiger partial charge >= 0.3 is 17.8 Å². The molecule has 2 atom stereocenters. The van der Waals surface area contributed by atoms with Crippen LogP contribution in [-0.2, 0) is 15.7 Å². The third kappa shape index (κ3) is 5.37. The van der Waals surface area contributed by atoms with Crippen molar-refractivity contribution in [1.29, 1.82) is 0 Å². The minimum atomic E-state index is -4.70. The van der Waals surface area contributed by atoms with E-state index in [1.807, 2.05) is 13.8 Å². The van der Waals surface area contributed by atoms with Crippen LogP contribution in [0.15, 0.2) is 51.7 Å². The SMILES string of the molecule is COc1ccc(-c2cc3ccc(OC4CCC(OC(=O)C(C)(C)C)C4(C)C)cc3oc2=O)c(C(F)(F)F)c1. The van der Waals surface area contributed by atoms with E-state index in [-0.39, 0.29) is 40.6 Å². The van der Waals surface area contributed by atoms with Crippen LogP contribution in [0.1, 0.15) is 53.0 Å². The van der Waals surface area contributed by atoms with Gasteiger partial charge in [0.25, 0.3) is 0 Å². The molecule has 0 amide bonds. The summed E-state index contributed by atoms with van der Waals surface area (Å²) in [5, 5.41) is 0.443. The van der Waals surface area contributed by atoms with Crippen molar-refractivity contribution >= 4 is 16.9 Å². The van der Waals surface area contributed by atoms with E-state index in [4.69, 9.17) is 18.6 Å². The molecule has 1 fully saturated rings. The molecule has 9 heteroatoms. The molecule has 0 bridgehead atoms. The number of rotatable bonds is 5. The number of esters is 1. The fraction of sp³-hybridized carbons (Fsp3) is 0.448. The quantitative estimate of drug-likeness (QED) is 0.260. The minimum absolute atomic E-state index is 0.0262. The number of carbonyl (C=O) groups excluding carboxylic acids is 1. The van der Waals surface area contributed by atoms with Crippen LogP contribution in [0.5, 0.6) is 11.5 Å². The molecule has 0 aliphatic heterocycles. The van der Waals surface area contributed by atoms with Crippen molar-refractivity contribution in [2.45, 2.75) is 65.8 Å². The summed E-state index contributed by atoms with van der Waals surface area (Å²) in [5.41, 5.74) is -3.29. The summed E-state index contributed by atoms with van der Waals surface area (Å²) in [6, 6.07) is 9.64. The van der Waals surface area contributed by atoms with Gasteiger partial charge in [-0.15, -0.1) is 0 Å². The second-order valence-corrected chi connectivity index (χ2v) is 11.2. The van der Waals surface area contributed by atoms with Gasteiger partial charge in [-0.3, -0.25) is 4.79 Å². The molecular weight excluding hydrogens is 501 g/mol. The molecule has 0 spiro atoms. The Labute approximate surface area is 218 Å². The second-order valence-electron chi connectivity index (χ2n) is 11.2. The molecule has 0 radical (unpaired) electrons. The molecule has 6 nitrogen and oxygen atoms in total. The molecule has 0 N–H and O–H groups in total. The fourth-order valence-electron chi connectivity index (χ4n) is 4.62. The average molecular weight is 533 g/mol. The summed E-state index contributed by atoms with van der Waals surface area (Å²) in [6.45, 7) is 9.37. The van der Waals surface area contributed by atoms with Crippen LogP contribution in [0.4, 0.5) is 13.2 Å². The zero-order chi connectivity index (χ0) is 28.0. The minimum Gasteiger partial charge on any atom is -0.497 e. The normalized spacial score (nSPS) is 19.4. The van der Waals surface area contributed by atoms with E-state index >= 15 is 0 Å². The zero-order valence-corrected chi connectivity index (χ0v) is 22.2. The molecule has 1 aromatic heterocycles. The molecule has 0 saturated heterocycles. The van der Waals surface area contributed by atoms with Crippen molar-refractivity contribution in [3.8, 4) is 22.6 Å². The topological polar surface area (TPSA) is 75.0 Å². The maximum absolute atomic E-state index is 13.7. The third-order valence-corrected chi connectivity index (χ3v) is 7.02. The highest BCUT2D eigenvalue weighted by molar-refractivity contribution is 5.83. The van der Waals surface area contributed by atoms with Gasteiger partial charge in [-0.1, -0.05) is 13.8 Å². The summed E-state index contributed by atoms with van der Waals surface area (Å²) >= 11 is 0. The third-order valence-electron chi connectivity index (χ3n) is 7.02. The van der Waals surface area contributed by atoms with Crippen molar-refractivity contribution < 1.29 is 36.6 Å². The number of fused-ring (bicyclic) bond motifs is 1. The molecule has 4 rings (SSSR count). The number of alkyl halides is 3. The highest BCUT2D eigenvalue weighted by Crippen LogP contribution is 2.43. The van der Waals surface area contributed by atoms with Crippen LogP contribution in [0.3, 0.4) is 0 Å². The van der Waals surface area contributed by atoms with Crippen LogP contribution < -0.4 is 15.1 Å². The van der Waals surface area contributed by atoms with Gasteiger partial charge < -0.3 is 18.6 Å². The van der Waals surface area contributed by atoms with Crippen molar-refractivity contribution in [3.63, 3.8) is 0 Å². The van der Waals surface area contributed by atoms with E-state index in [1.165, 1.54) is 25.3 Å². The van der Waals surface area contributed by atoms with E-state index in [1.54, 1.807) is 39.0 Å². The molecule has 1 aliphatic rings. The lowest BCUT2D eigenvalue weighted by molar-refractivity contribution is -0.164. The van der Waals surface area contributed by atoms with E-state index < -0.39 is 28.2 Å². The molecule has 1 heterocycles. The first-order valence-electron chi connectivity index (χ1n) is 12.3. The lowest BCUT2D eigenvalue weighted by Crippen LogP contribution is -2.40. The number of carbonyl (C=O) groups is 1. The second kappa shape index (κ2) is 9.67. The zero-order valence-electron chi connectivity index (χ0n) is 22.2. The Balaban J connectivity index is 1.61. The summed E-state index contributed by atoms with van der Waals surface area (Å²) in [5.74, 6) is 0.193. The van der Waals surface area contributed by atoms with E-state index in [9.17, 15) is 22.8 Å². The van der Waals surface area contributed by atoms with Crippen LogP contribution in [0.2, 0.25) is 0 Å². The Morgan fingerprint density at radius 3 is 2.24 bits per heavy atom. The molecule has 38 heavy (non-hydrogen) atoms. The number of methoxy groups -OCH3 is 1. The van der Waals surface area contributed by atoms with Gasteiger partial charge in [-0.05, 0) is 70.0 Å². The lowest BCUT2D eigenvalue weighted by atomic mass is 9.86. The van der Waals surface area contributed by atoms with Gasteiger partial charge in [0, 0.05) is 22.4 Å².